The van der Waals surface area contributed by atoms with Crippen molar-refractivity contribution in [3.63, 3.8) is 0 Å². The number of hydrogen-bond acceptors (Lipinski definition) is 5. The van der Waals surface area contributed by atoms with Crippen LogP contribution in [-0.4, -0.2) is 57.0 Å². The average Bonchev–Trinajstić information content (AvgIpc) is 3.65. The lowest BCUT2D eigenvalue weighted by Gasteiger charge is -2.41. The molecule has 0 saturated carbocycles. The molecule has 4 aromatic heterocycles. The van der Waals surface area contributed by atoms with Crippen LogP contribution >= 0.6 is 0 Å². The summed E-state index contributed by atoms with van der Waals surface area (Å²) >= 11 is 0. The molecule has 5 heterocycles. The molecule has 1 saturated heterocycles. The Bertz CT molecular complexity index is 2030. The summed E-state index contributed by atoms with van der Waals surface area (Å²) in [4.78, 5) is 23.6. The minimum atomic E-state index is -2.82. The number of nitrogens with zero attached hydrogens (tertiary/aromatic N) is 9. The first-order valence-corrected chi connectivity index (χ1v) is 12.5. The van der Waals surface area contributed by atoms with Gasteiger partial charge in [0.1, 0.15) is 11.5 Å². The smallest absolute Gasteiger partial charge is 0.328 e. The van der Waals surface area contributed by atoms with E-state index < -0.39 is 24.8 Å². The van der Waals surface area contributed by atoms with Crippen molar-refractivity contribution >= 4 is 27.8 Å². The summed E-state index contributed by atoms with van der Waals surface area (Å²) in [5.74, 6) is -2.80. The molecule has 1 aliphatic heterocycles. The molecule has 1 fully saturated rings. The van der Waals surface area contributed by atoms with Crippen LogP contribution in [0.4, 0.5) is 18.9 Å². The fourth-order valence-corrected chi connectivity index (χ4v) is 5.55. The zero-order valence-corrected chi connectivity index (χ0v) is 22.1. The number of hydrogen-bond donors (Lipinski definition) is 0. The standard InChI is InChI=1S/C27H24F3N9O/c1-34-14-31-10-23(34)25-33-19-7-17(15-9-32-35(2)11-15)18(28)8-20(19)39(25)16-5-21-24(37(4)26(40)36(21)3)22(6-16)38-12-27(29,30)13-38/h5-11,14H,12-13H2,1-4H3. The number of benzene rings is 2. The third-order valence-corrected chi connectivity index (χ3v) is 7.57. The number of anilines is 1. The molecule has 0 N–H and O–H groups in total. The van der Waals surface area contributed by atoms with E-state index in [0.717, 1.165) is 0 Å². The number of halogens is 3. The van der Waals surface area contributed by atoms with Crippen LogP contribution in [0.1, 0.15) is 0 Å². The molecule has 0 atom stereocenters. The number of rotatable bonds is 4. The SMILES string of the molecule is Cn1cc(-c2cc3nc(-c4cncn4C)n(-c4cc(N5CC(F)(F)C5)c5c(c4)n(C)c(=O)n5C)c3cc2F)cn1. The summed E-state index contributed by atoms with van der Waals surface area (Å²) in [5, 5.41) is 4.16. The highest BCUT2D eigenvalue weighted by molar-refractivity contribution is 5.94. The lowest BCUT2D eigenvalue weighted by molar-refractivity contribution is -0.0261. The van der Waals surface area contributed by atoms with E-state index in [4.69, 9.17) is 4.98 Å². The second-order valence-electron chi connectivity index (χ2n) is 10.3. The van der Waals surface area contributed by atoms with E-state index in [1.54, 1.807) is 83.0 Å². The Hall–Kier alpha value is -4.81. The molecule has 13 heteroatoms. The van der Waals surface area contributed by atoms with Crippen LogP contribution in [0.2, 0.25) is 0 Å². The van der Waals surface area contributed by atoms with Crippen LogP contribution in [0, 0.1) is 5.82 Å². The summed E-state index contributed by atoms with van der Waals surface area (Å²) in [6.45, 7) is -0.923. The second kappa shape index (κ2) is 8.10. The van der Waals surface area contributed by atoms with Gasteiger partial charge in [-0.15, -0.1) is 0 Å². The number of alkyl halides is 2. The largest absolute Gasteiger partial charge is 0.357 e. The van der Waals surface area contributed by atoms with Crippen molar-refractivity contribution in [1.29, 1.82) is 0 Å². The van der Waals surface area contributed by atoms with E-state index in [9.17, 15) is 13.6 Å². The van der Waals surface area contributed by atoms with Crippen molar-refractivity contribution in [2.75, 3.05) is 18.0 Å². The summed E-state index contributed by atoms with van der Waals surface area (Å²) < 4.78 is 51.7. The summed E-state index contributed by atoms with van der Waals surface area (Å²) in [7, 11) is 6.84. The van der Waals surface area contributed by atoms with Gasteiger partial charge in [0.2, 0.25) is 0 Å². The van der Waals surface area contributed by atoms with Crippen molar-refractivity contribution in [3.05, 3.63) is 65.5 Å². The molecule has 0 bridgehead atoms. The lowest BCUT2D eigenvalue weighted by Crippen LogP contribution is -2.56. The first kappa shape index (κ1) is 24.2. The maximum absolute atomic E-state index is 15.6. The highest BCUT2D eigenvalue weighted by atomic mass is 19.3. The molecule has 10 nitrogen and oxygen atoms in total. The van der Waals surface area contributed by atoms with Gasteiger partial charge in [0.25, 0.3) is 5.92 Å². The average molecular weight is 548 g/mol. The molecule has 2 aromatic carbocycles. The maximum Gasteiger partial charge on any atom is 0.328 e. The van der Waals surface area contributed by atoms with Gasteiger partial charge in [0.05, 0.1) is 65.3 Å². The van der Waals surface area contributed by atoms with Gasteiger partial charge in [0.15, 0.2) is 5.82 Å². The Morgan fingerprint density at radius 3 is 2.38 bits per heavy atom. The Balaban J connectivity index is 1.54. The first-order chi connectivity index (χ1) is 19.0. The predicted octanol–water partition coefficient (Wildman–Crippen LogP) is 3.61. The normalized spacial score (nSPS) is 14.9. The van der Waals surface area contributed by atoms with Gasteiger partial charge < -0.3 is 9.47 Å². The zero-order chi connectivity index (χ0) is 28.1. The summed E-state index contributed by atoms with van der Waals surface area (Å²) in [6, 6.07) is 6.64. The van der Waals surface area contributed by atoms with E-state index >= 15 is 4.39 Å². The number of aryl methyl sites for hydroxylation is 4. The van der Waals surface area contributed by atoms with Crippen molar-refractivity contribution in [3.8, 4) is 28.3 Å². The fourth-order valence-electron chi connectivity index (χ4n) is 5.55. The highest BCUT2D eigenvalue weighted by Crippen LogP contribution is 2.39. The van der Waals surface area contributed by atoms with E-state index in [1.165, 1.54) is 15.2 Å². The third kappa shape index (κ3) is 3.43. The molecular weight excluding hydrogens is 523 g/mol. The Kier molecular flexibility index (Phi) is 4.91. The maximum atomic E-state index is 15.6. The van der Waals surface area contributed by atoms with Crippen LogP contribution in [-0.2, 0) is 28.2 Å². The first-order valence-electron chi connectivity index (χ1n) is 12.5. The lowest BCUT2D eigenvalue weighted by atomic mass is 10.1. The highest BCUT2D eigenvalue weighted by Gasteiger charge is 2.45. The minimum absolute atomic E-state index is 0.282. The van der Waals surface area contributed by atoms with Crippen LogP contribution < -0.4 is 10.6 Å². The van der Waals surface area contributed by atoms with Gasteiger partial charge in [-0.1, -0.05) is 0 Å². The van der Waals surface area contributed by atoms with Gasteiger partial charge >= 0.3 is 5.69 Å². The van der Waals surface area contributed by atoms with Gasteiger partial charge in [-0.25, -0.2) is 27.9 Å². The Morgan fingerprint density at radius 2 is 1.73 bits per heavy atom. The van der Waals surface area contributed by atoms with Crippen LogP contribution in [0.3, 0.4) is 0 Å². The summed E-state index contributed by atoms with van der Waals surface area (Å²) in [5.41, 5.74) is 4.48. The van der Waals surface area contributed by atoms with Crippen LogP contribution in [0.5, 0.6) is 0 Å². The molecule has 204 valence electrons. The third-order valence-electron chi connectivity index (χ3n) is 7.57. The van der Waals surface area contributed by atoms with Gasteiger partial charge in [-0.2, -0.15) is 5.10 Å². The van der Waals surface area contributed by atoms with E-state index in [0.29, 0.717) is 56.1 Å². The Morgan fingerprint density at radius 1 is 0.950 bits per heavy atom. The molecular formula is C27H24F3N9O. The molecule has 7 rings (SSSR count). The molecule has 0 amide bonds. The monoisotopic (exact) mass is 547 g/mol. The van der Waals surface area contributed by atoms with Gasteiger partial charge in [-0.3, -0.25) is 18.4 Å². The van der Waals surface area contributed by atoms with Crippen molar-refractivity contribution in [1.82, 2.24) is 38.0 Å². The van der Waals surface area contributed by atoms with Gasteiger partial charge in [-0.05, 0) is 18.2 Å². The van der Waals surface area contributed by atoms with Crippen molar-refractivity contribution in [2.24, 2.45) is 28.2 Å². The molecule has 1 aliphatic rings. The van der Waals surface area contributed by atoms with E-state index in [-0.39, 0.29) is 5.69 Å². The predicted molar refractivity (Wildman–Crippen MR) is 144 cm³/mol. The molecule has 40 heavy (non-hydrogen) atoms. The van der Waals surface area contributed by atoms with E-state index in [2.05, 4.69) is 10.1 Å². The van der Waals surface area contributed by atoms with Crippen molar-refractivity contribution in [2.45, 2.75) is 5.92 Å². The molecule has 6 aromatic rings. The zero-order valence-electron chi connectivity index (χ0n) is 22.1. The van der Waals surface area contributed by atoms with Crippen molar-refractivity contribution < 1.29 is 13.2 Å². The van der Waals surface area contributed by atoms with Crippen LogP contribution in [0.15, 0.2) is 54.0 Å². The number of fused-ring (bicyclic) bond motifs is 2. The molecule has 0 radical (unpaired) electrons. The molecule has 0 unspecified atom stereocenters. The van der Waals surface area contributed by atoms with Crippen LogP contribution in [0.25, 0.3) is 50.4 Å². The molecule has 0 aliphatic carbocycles. The second-order valence-corrected chi connectivity index (χ2v) is 10.3. The number of imidazole rings is 3. The summed E-state index contributed by atoms with van der Waals surface area (Å²) in [6.07, 6.45) is 6.60. The topological polar surface area (TPSA) is 83.6 Å². The molecule has 0 spiro atoms. The van der Waals surface area contributed by atoms with Gasteiger partial charge in [0, 0.05) is 51.6 Å². The fraction of sp³-hybridized carbons (Fsp3) is 0.259. The Labute approximate surface area is 225 Å². The minimum Gasteiger partial charge on any atom is -0.357 e. The van der Waals surface area contributed by atoms with E-state index in [1.807, 2.05) is 7.05 Å². The number of aromatic nitrogens is 8. The quantitative estimate of drug-likeness (QED) is 0.337.